The fourth-order valence-electron chi connectivity index (χ4n) is 1.24. The Labute approximate surface area is 94.5 Å². The maximum absolute atomic E-state index is 13.0. The first-order valence-corrected chi connectivity index (χ1v) is 5.33. The minimum Gasteiger partial charge on any atom is -0.315 e. The van der Waals surface area contributed by atoms with Crippen LogP contribution in [-0.2, 0) is 4.79 Å². The maximum Gasteiger partial charge on any atom is 0.227 e. The molecule has 0 saturated heterocycles. The second kappa shape index (κ2) is 5.16. The highest BCUT2D eigenvalue weighted by atomic mass is 32.1. The number of thiol groups is 1. The zero-order valence-electron chi connectivity index (χ0n) is 8.83. The number of rotatable bonds is 3. The van der Waals surface area contributed by atoms with Crippen molar-refractivity contribution in [2.45, 2.75) is 13.3 Å². The summed E-state index contributed by atoms with van der Waals surface area (Å²) in [7, 11) is 1.68. The molecule has 1 rings (SSSR count). The molecule has 2 nitrogen and oxygen atoms in total. The summed E-state index contributed by atoms with van der Waals surface area (Å²) < 4.78 is 13.0. The Morgan fingerprint density at radius 1 is 1.53 bits per heavy atom. The minimum atomic E-state index is -0.256. The van der Waals surface area contributed by atoms with Gasteiger partial charge in [0.1, 0.15) is 5.82 Å². The quantitative estimate of drug-likeness (QED) is 0.786. The summed E-state index contributed by atoms with van der Waals surface area (Å²) in [5.41, 5.74) is 1.25. The number of benzene rings is 1. The monoisotopic (exact) mass is 227 g/mol. The summed E-state index contributed by atoms with van der Waals surface area (Å²) in [6, 6.07) is 4.62. The number of carbonyl (C=O) groups excluding carboxylic acids is 1. The van der Waals surface area contributed by atoms with Gasteiger partial charge in [-0.1, -0.05) is 0 Å². The molecule has 0 unspecified atom stereocenters. The van der Waals surface area contributed by atoms with Crippen molar-refractivity contribution in [2.75, 3.05) is 17.7 Å². The number of nitrogens with zero attached hydrogens (tertiary/aromatic N) is 1. The highest BCUT2D eigenvalue weighted by molar-refractivity contribution is 7.80. The number of amides is 1. The smallest absolute Gasteiger partial charge is 0.227 e. The molecule has 0 aliphatic heterocycles. The number of carbonyl (C=O) groups is 1. The van der Waals surface area contributed by atoms with E-state index in [9.17, 15) is 9.18 Å². The zero-order valence-corrected chi connectivity index (χ0v) is 9.72. The molecule has 0 saturated carbocycles. The molecule has 0 spiro atoms. The average molecular weight is 227 g/mol. The first-order chi connectivity index (χ1) is 7.06. The van der Waals surface area contributed by atoms with E-state index in [1.807, 2.05) is 0 Å². The summed E-state index contributed by atoms with van der Waals surface area (Å²) >= 11 is 4.00. The van der Waals surface area contributed by atoms with E-state index in [-0.39, 0.29) is 11.7 Å². The lowest BCUT2D eigenvalue weighted by molar-refractivity contribution is -0.117. The molecule has 1 amide bonds. The summed E-state index contributed by atoms with van der Waals surface area (Å²) in [6.07, 6.45) is 0.385. The van der Waals surface area contributed by atoms with Crippen molar-refractivity contribution >= 4 is 24.2 Å². The van der Waals surface area contributed by atoms with Gasteiger partial charge in [-0.3, -0.25) is 4.79 Å². The van der Waals surface area contributed by atoms with Crippen LogP contribution < -0.4 is 4.90 Å². The molecule has 15 heavy (non-hydrogen) atoms. The van der Waals surface area contributed by atoms with Gasteiger partial charge in [0.05, 0.1) is 0 Å². The van der Waals surface area contributed by atoms with Gasteiger partial charge in [0, 0.05) is 19.2 Å². The van der Waals surface area contributed by atoms with Gasteiger partial charge >= 0.3 is 0 Å². The number of aryl methyl sites for hydroxylation is 1. The second-order valence-electron chi connectivity index (χ2n) is 3.36. The third kappa shape index (κ3) is 2.96. The topological polar surface area (TPSA) is 20.3 Å². The number of anilines is 1. The van der Waals surface area contributed by atoms with Crippen LogP contribution in [0.1, 0.15) is 12.0 Å². The van der Waals surface area contributed by atoms with Crippen molar-refractivity contribution in [3.8, 4) is 0 Å². The summed E-state index contributed by atoms with van der Waals surface area (Å²) in [5, 5.41) is 0. The van der Waals surface area contributed by atoms with Crippen LogP contribution in [0.2, 0.25) is 0 Å². The van der Waals surface area contributed by atoms with Crippen molar-refractivity contribution in [1.82, 2.24) is 0 Å². The van der Waals surface area contributed by atoms with Crippen molar-refractivity contribution in [3.05, 3.63) is 29.6 Å². The van der Waals surface area contributed by atoms with Gasteiger partial charge in [-0.15, -0.1) is 0 Å². The molecule has 0 aliphatic rings. The van der Waals surface area contributed by atoms with E-state index >= 15 is 0 Å². The van der Waals surface area contributed by atoms with E-state index in [0.717, 1.165) is 0 Å². The lowest BCUT2D eigenvalue weighted by Gasteiger charge is -2.17. The predicted molar refractivity (Wildman–Crippen MR) is 63.0 cm³/mol. The van der Waals surface area contributed by atoms with Crippen molar-refractivity contribution in [2.24, 2.45) is 0 Å². The zero-order chi connectivity index (χ0) is 11.4. The van der Waals surface area contributed by atoms with Crippen LogP contribution in [-0.4, -0.2) is 18.7 Å². The van der Waals surface area contributed by atoms with Crippen LogP contribution in [0, 0.1) is 12.7 Å². The summed E-state index contributed by atoms with van der Waals surface area (Å²) in [5.74, 6) is 0.244. The van der Waals surface area contributed by atoms with E-state index in [2.05, 4.69) is 12.6 Å². The molecule has 0 N–H and O–H groups in total. The van der Waals surface area contributed by atoms with Crippen LogP contribution in [0.15, 0.2) is 18.2 Å². The molecule has 1 aromatic carbocycles. The predicted octanol–water partition coefficient (Wildman–Crippen LogP) is 2.42. The first-order valence-electron chi connectivity index (χ1n) is 4.70. The summed E-state index contributed by atoms with van der Waals surface area (Å²) in [6.45, 7) is 1.68. The van der Waals surface area contributed by atoms with Gasteiger partial charge in [-0.05, 0) is 36.4 Å². The molecule has 4 heteroatoms. The fraction of sp³-hybridized carbons (Fsp3) is 0.364. The second-order valence-corrected chi connectivity index (χ2v) is 3.81. The van der Waals surface area contributed by atoms with Crippen molar-refractivity contribution < 1.29 is 9.18 Å². The van der Waals surface area contributed by atoms with Gasteiger partial charge in [0.25, 0.3) is 0 Å². The molecule has 0 aromatic heterocycles. The SMILES string of the molecule is Cc1cc(N(C)C(=O)CCS)ccc1F. The molecular weight excluding hydrogens is 213 g/mol. The standard InChI is InChI=1S/C11H14FNOS/c1-8-7-9(3-4-10(8)12)13(2)11(14)5-6-15/h3-4,7,15H,5-6H2,1-2H3. The number of hydrogen-bond acceptors (Lipinski definition) is 2. The molecule has 0 atom stereocenters. The van der Waals surface area contributed by atoms with E-state index in [0.29, 0.717) is 23.4 Å². The molecule has 0 bridgehead atoms. The van der Waals surface area contributed by atoms with Crippen LogP contribution in [0.4, 0.5) is 10.1 Å². The Morgan fingerprint density at radius 3 is 2.73 bits per heavy atom. The minimum absolute atomic E-state index is 0.0176. The van der Waals surface area contributed by atoms with Gasteiger partial charge in [0.15, 0.2) is 0 Å². The highest BCUT2D eigenvalue weighted by Crippen LogP contribution is 2.17. The Morgan fingerprint density at radius 2 is 2.20 bits per heavy atom. The first kappa shape index (κ1) is 12.0. The molecule has 0 heterocycles. The third-order valence-electron chi connectivity index (χ3n) is 2.23. The van der Waals surface area contributed by atoms with Gasteiger partial charge in [0.2, 0.25) is 5.91 Å². The van der Waals surface area contributed by atoms with E-state index < -0.39 is 0 Å². The van der Waals surface area contributed by atoms with Gasteiger partial charge in [-0.2, -0.15) is 12.6 Å². The lowest BCUT2D eigenvalue weighted by Crippen LogP contribution is -2.26. The van der Waals surface area contributed by atoms with Crippen LogP contribution in [0.5, 0.6) is 0 Å². The Kier molecular flexibility index (Phi) is 4.15. The molecule has 0 aliphatic carbocycles. The van der Waals surface area contributed by atoms with Crippen LogP contribution in [0.25, 0.3) is 0 Å². The highest BCUT2D eigenvalue weighted by Gasteiger charge is 2.10. The van der Waals surface area contributed by atoms with E-state index in [1.165, 1.54) is 11.0 Å². The normalized spacial score (nSPS) is 10.1. The van der Waals surface area contributed by atoms with Crippen molar-refractivity contribution in [3.63, 3.8) is 0 Å². The third-order valence-corrected chi connectivity index (χ3v) is 2.45. The number of hydrogen-bond donors (Lipinski definition) is 1. The maximum atomic E-state index is 13.0. The van der Waals surface area contributed by atoms with Gasteiger partial charge < -0.3 is 4.90 Å². The Bertz CT molecular complexity index is 368. The Hall–Kier alpha value is -1.03. The molecule has 82 valence electrons. The van der Waals surface area contributed by atoms with Gasteiger partial charge in [-0.25, -0.2) is 4.39 Å². The molecule has 0 fully saturated rings. The largest absolute Gasteiger partial charge is 0.315 e. The van der Waals surface area contributed by atoms with E-state index in [4.69, 9.17) is 0 Å². The fourth-order valence-corrected chi connectivity index (χ4v) is 1.44. The van der Waals surface area contributed by atoms with Crippen LogP contribution in [0.3, 0.4) is 0 Å². The number of halogens is 1. The van der Waals surface area contributed by atoms with Crippen LogP contribution >= 0.6 is 12.6 Å². The average Bonchev–Trinajstić information content (AvgIpc) is 2.21. The summed E-state index contributed by atoms with van der Waals surface area (Å²) in [4.78, 5) is 13.0. The van der Waals surface area contributed by atoms with E-state index in [1.54, 1.807) is 26.1 Å². The molecule has 0 radical (unpaired) electrons. The molecular formula is C11H14FNOS. The van der Waals surface area contributed by atoms with Crippen molar-refractivity contribution in [1.29, 1.82) is 0 Å². The lowest BCUT2D eigenvalue weighted by atomic mass is 10.2. The Balaban J connectivity index is 2.86. The molecule has 1 aromatic rings.